The summed E-state index contributed by atoms with van der Waals surface area (Å²) in [5.41, 5.74) is 2.08. The van der Waals surface area contributed by atoms with Gasteiger partial charge >= 0.3 is 0 Å². The van der Waals surface area contributed by atoms with Crippen molar-refractivity contribution in [3.05, 3.63) is 62.6 Å². The van der Waals surface area contributed by atoms with Crippen LogP contribution in [0.25, 0.3) is 11.3 Å². The fraction of sp³-hybridized carbons (Fsp3) is 0.300. The lowest BCUT2D eigenvalue weighted by Gasteiger charge is -2.05. The Morgan fingerprint density at radius 2 is 2.11 bits per heavy atom. The first-order valence-electron chi connectivity index (χ1n) is 8.88. The van der Waals surface area contributed by atoms with E-state index in [1.807, 2.05) is 35.9 Å². The van der Waals surface area contributed by atoms with Crippen molar-refractivity contribution < 1.29 is 9.15 Å². The average Bonchev–Trinajstić information content (AvgIpc) is 3.40. The van der Waals surface area contributed by atoms with E-state index in [1.54, 1.807) is 17.6 Å². The third-order valence-electron chi connectivity index (χ3n) is 4.34. The quantitative estimate of drug-likeness (QED) is 0.527. The molecule has 4 rings (SSSR count). The summed E-state index contributed by atoms with van der Waals surface area (Å²) in [7, 11) is 0. The summed E-state index contributed by atoms with van der Waals surface area (Å²) in [5, 5.41) is 6.74. The zero-order chi connectivity index (χ0) is 18.6. The Bertz CT molecular complexity index is 995. The van der Waals surface area contributed by atoms with Gasteiger partial charge in [-0.05, 0) is 44.0 Å². The maximum atomic E-state index is 5.69. The zero-order valence-electron chi connectivity index (χ0n) is 15.0. The smallest absolute Gasteiger partial charge is 0.206 e. The van der Waals surface area contributed by atoms with Crippen LogP contribution in [0.2, 0.25) is 0 Å². The van der Waals surface area contributed by atoms with Gasteiger partial charge in [-0.2, -0.15) is 5.10 Å². The van der Waals surface area contributed by atoms with E-state index in [9.17, 15) is 0 Å². The Morgan fingerprint density at radius 1 is 1.26 bits per heavy atom. The third kappa shape index (κ3) is 4.48. The van der Waals surface area contributed by atoms with Crippen molar-refractivity contribution in [3.8, 4) is 11.3 Å². The highest BCUT2D eigenvalue weighted by atomic mass is 79.9. The monoisotopic (exact) mass is 445 g/mol. The van der Waals surface area contributed by atoms with Crippen LogP contribution in [0.15, 0.2) is 60.8 Å². The molecule has 7 heteroatoms. The van der Waals surface area contributed by atoms with Gasteiger partial charge in [0, 0.05) is 22.0 Å². The molecule has 2 aromatic heterocycles. The van der Waals surface area contributed by atoms with Gasteiger partial charge in [0.25, 0.3) is 0 Å². The van der Waals surface area contributed by atoms with Crippen LogP contribution in [0.4, 0.5) is 0 Å². The molecule has 140 valence electrons. The van der Waals surface area contributed by atoms with Gasteiger partial charge in [0.15, 0.2) is 0 Å². The van der Waals surface area contributed by atoms with Crippen LogP contribution in [0.5, 0.6) is 0 Å². The van der Waals surface area contributed by atoms with Crippen molar-refractivity contribution in [3.63, 3.8) is 0 Å². The van der Waals surface area contributed by atoms with E-state index in [2.05, 4.69) is 38.5 Å². The van der Waals surface area contributed by atoms with Crippen molar-refractivity contribution >= 4 is 33.5 Å². The van der Waals surface area contributed by atoms with E-state index in [4.69, 9.17) is 14.1 Å². The summed E-state index contributed by atoms with van der Waals surface area (Å²) in [6.45, 7) is 3.42. The van der Waals surface area contributed by atoms with Crippen molar-refractivity contribution in [1.29, 1.82) is 0 Å². The summed E-state index contributed by atoms with van der Waals surface area (Å²) < 4.78 is 14.2. The van der Waals surface area contributed by atoms with E-state index in [1.165, 1.54) is 0 Å². The molecular weight excluding hydrogens is 426 g/mol. The second-order valence-corrected chi connectivity index (χ2v) is 8.14. The van der Waals surface area contributed by atoms with Crippen molar-refractivity contribution in [2.75, 3.05) is 13.2 Å². The summed E-state index contributed by atoms with van der Waals surface area (Å²) in [6, 6.07) is 12.0. The average molecular weight is 446 g/mol. The summed E-state index contributed by atoms with van der Waals surface area (Å²) >= 11 is 5.07. The third-order valence-corrected chi connectivity index (χ3v) is 5.72. The highest BCUT2D eigenvalue weighted by Gasteiger charge is 2.15. The second kappa shape index (κ2) is 8.37. The van der Waals surface area contributed by atoms with Crippen LogP contribution >= 0.6 is 27.3 Å². The minimum absolute atomic E-state index is 0.216. The Morgan fingerprint density at radius 3 is 2.81 bits per heavy atom. The van der Waals surface area contributed by atoms with Gasteiger partial charge in [0.2, 0.25) is 4.80 Å². The van der Waals surface area contributed by atoms with Gasteiger partial charge in [-0.3, -0.25) is 4.99 Å². The summed E-state index contributed by atoms with van der Waals surface area (Å²) in [6.07, 6.45) is 4.13. The van der Waals surface area contributed by atoms with Crippen molar-refractivity contribution in [2.45, 2.75) is 25.9 Å². The van der Waals surface area contributed by atoms with Crippen LogP contribution in [-0.2, 0) is 4.74 Å². The van der Waals surface area contributed by atoms with Gasteiger partial charge in [0.05, 0.1) is 24.6 Å². The molecule has 0 radical (unpaired) electrons. The number of hydrogen-bond donors (Lipinski definition) is 0. The van der Waals surface area contributed by atoms with E-state index in [-0.39, 0.29) is 6.10 Å². The van der Waals surface area contributed by atoms with Gasteiger partial charge in [-0.1, -0.05) is 28.1 Å². The molecule has 0 saturated carbocycles. The van der Waals surface area contributed by atoms with E-state index in [0.29, 0.717) is 6.54 Å². The Hall–Kier alpha value is -1.96. The number of aromatic nitrogens is 1. The molecule has 5 nitrogen and oxygen atoms in total. The largest absolute Gasteiger partial charge is 0.460 e. The van der Waals surface area contributed by atoms with Crippen LogP contribution in [0.3, 0.4) is 0 Å². The lowest BCUT2D eigenvalue weighted by atomic mass is 10.2. The molecule has 3 heterocycles. The lowest BCUT2D eigenvalue weighted by Crippen LogP contribution is -2.17. The van der Waals surface area contributed by atoms with E-state index in [0.717, 1.165) is 51.5 Å². The molecule has 1 aliphatic heterocycles. The van der Waals surface area contributed by atoms with Crippen LogP contribution in [-0.4, -0.2) is 30.1 Å². The second-order valence-electron chi connectivity index (χ2n) is 6.39. The zero-order valence-corrected chi connectivity index (χ0v) is 17.4. The summed E-state index contributed by atoms with van der Waals surface area (Å²) in [4.78, 5) is 5.62. The SMILES string of the molecule is Cc1ccc(/C=N\n2c(-c3ccc(Br)cc3)csc2=NC[C@@H]2CCCO2)o1. The number of aryl methyl sites for hydroxylation is 1. The highest BCUT2D eigenvalue weighted by Crippen LogP contribution is 2.22. The number of benzene rings is 1. The molecule has 0 aliphatic carbocycles. The molecule has 1 atom stereocenters. The number of hydrogen-bond acceptors (Lipinski definition) is 5. The molecule has 1 aromatic carbocycles. The molecule has 0 bridgehead atoms. The molecule has 27 heavy (non-hydrogen) atoms. The number of nitrogens with zero attached hydrogens (tertiary/aromatic N) is 3. The van der Waals surface area contributed by atoms with Gasteiger partial charge < -0.3 is 9.15 Å². The van der Waals surface area contributed by atoms with Crippen molar-refractivity contribution in [2.24, 2.45) is 10.1 Å². The molecule has 1 aliphatic rings. The molecule has 3 aromatic rings. The van der Waals surface area contributed by atoms with Gasteiger partial charge in [-0.25, -0.2) is 4.68 Å². The Balaban J connectivity index is 1.71. The first-order valence-corrected chi connectivity index (χ1v) is 10.6. The van der Waals surface area contributed by atoms with Crippen LogP contribution in [0.1, 0.15) is 24.4 Å². The molecule has 1 fully saturated rings. The molecule has 0 amide bonds. The standard InChI is InChI=1S/C20H20BrN3O2S/c1-14-4-9-18(26-14)12-23-24-19(15-5-7-16(21)8-6-15)13-27-20(24)22-11-17-3-2-10-25-17/h4-9,12-13,17H,2-3,10-11H2,1H3/b22-20?,23-12-/t17-/m0/s1. The number of halogens is 1. The summed E-state index contributed by atoms with van der Waals surface area (Å²) in [5.74, 6) is 1.58. The van der Waals surface area contributed by atoms with E-state index >= 15 is 0 Å². The fourth-order valence-electron chi connectivity index (χ4n) is 2.94. The number of thiazole rings is 1. The topological polar surface area (TPSA) is 52.0 Å². The van der Waals surface area contributed by atoms with Crippen LogP contribution < -0.4 is 4.80 Å². The van der Waals surface area contributed by atoms with Gasteiger partial charge in [-0.15, -0.1) is 11.3 Å². The minimum atomic E-state index is 0.216. The molecule has 1 saturated heterocycles. The number of rotatable bonds is 5. The molecule has 0 N–H and O–H groups in total. The Labute approximate surface area is 170 Å². The molecule has 0 spiro atoms. The van der Waals surface area contributed by atoms with Crippen molar-refractivity contribution in [1.82, 2.24) is 4.68 Å². The maximum Gasteiger partial charge on any atom is 0.206 e. The van der Waals surface area contributed by atoms with E-state index < -0.39 is 0 Å². The van der Waals surface area contributed by atoms with Crippen LogP contribution in [0, 0.1) is 6.92 Å². The molecule has 0 unspecified atom stereocenters. The number of furan rings is 1. The fourth-order valence-corrected chi connectivity index (χ4v) is 4.06. The first kappa shape index (κ1) is 18.4. The lowest BCUT2D eigenvalue weighted by molar-refractivity contribution is 0.117. The van der Waals surface area contributed by atoms with Gasteiger partial charge in [0.1, 0.15) is 11.5 Å². The normalized spacial score (nSPS) is 18.0. The first-order chi connectivity index (χ1) is 13.2. The predicted molar refractivity (Wildman–Crippen MR) is 111 cm³/mol. The minimum Gasteiger partial charge on any atom is -0.460 e. The Kier molecular flexibility index (Phi) is 5.71. The molecular formula is C20H20BrN3O2S. The highest BCUT2D eigenvalue weighted by molar-refractivity contribution is 9.10. The maximum absolute atomic E-state index is 5.69. The predicted octanol–water partition coefficient (Wildman–Crippen LogP) is 4.84. The number of ether oxygens (including phenoxy) is 1.